The van der Waals surface area contributed by atoms with Gasteiger partial charge in [0.05, 0.1) is 5.69 Å². The van der Waals surface area contributed by atoms with E-state index in [-0.39, 0.29) is 11.7 Å². The Morgan fingerprint density at radius 1 is 1.18 bits per heavy atom. The van der Waals surface area contributed by atoms with Crippen LogP contribution in [0.3, 0.4) is 0 Å². The number of nitrogens with one attached hydrogen (secondary N) is 1. The normalized spacial score (nSPS) is 16.5. The molecule has 114 valence electrons. The second-order valence-electron chi connectivity index (χ2n) is 5.54. The number of phenolic OH excluding ortho intramolecular Hbond substituents is 1. The fraction of sp³-hybridized carbons (Fsp3) is 0.235. The minimum absolute atomic E-state index is 0.115. The molecule has 1 aliphatic heterocycles. The Morgan fingerprint density at radius 3 is 2.59 bits per heavy atom. The molecule has 1 aliphatic rings. The molecule has 0 saturated carbocycles. The first kappa shape index (κ1) is 14.3. The molecule has 0 aliphatic carbocycles. The SMILES string of the molecule is CN(C)c1ccc(CC2Oc3cc(O)ccc3NC2=O)cc1. The van der Waals surface area contributed by atoms with Gasteiger partial charge in [0, 0.05) is 32.3 Å². The van der Waals surface area contributed by atoms with Gasteiger partial charge < -0.3 is 20.1 Å². The lowest BCUT2D eigenvalue weighted by Crippen LogP contribution is -2.38. The fourth-order valence-corrected chi connectivity index (χ4v) is 2.41. The van der Waals surface area contributed by atoms with Gasteiger partial charge in [0.15, 0.2) is 6.10 Å². The van der Waals surface area contributed by atoms with Gasteiger partial charge in [0.1, 0.15) is 11.5 Å². The largest absolute Gasteiger partial charge is 0.508 e. The maximum absolute atomic E-state index is 12.1. The Kier molecular flexibility index (Phi) is 3.63. The maximum atomic E-state index is 12.1. The Bertz CT molecular complexity index is 696. The minimum atomic E-state index is -0.598. The van der Waals surface area contributed by atoms with E-state index in [1.807, 2.05) is 43.3 Å². The average molecular weight is 298 g/mol. The number of carbonyl (C=O) groups excluding carboxylic acids is 1. The first-order chi connectivity index (χ1) is 10.5. The molecule has 2 aromatic carbocycles. The predicted molar refractivity (Wildman–Crippen MR) is 85.6 cm³/mol. The Morgan fingerprint density at radius 2 is 1.91 bits per heavy atom. The zero-order valence-corrected chi connectivity index (χ0v) is 12.5. The van der Waals surface area contributed by atoms with E-state index >= 15 is 0 Å². The molecule has 22 heavy (non-hydrogen) atoms. The summed E-state index contributed by atoms with van der Waals surface area (Å²) in [5, 5.41) is 12.3. The summed E-state index contributed by atoms with van der Waals surface area (Å²) in [7, 11) is 3.96. The van der Waals surface area contributed by atoms with Crippen molar-refractivity contribution in [2.75, 3.05) is 24.3 Å². The zero-order chi connectivity index (χ0) is 15.7. The molecule has 5 nitrogen and oxygen atoms in total. The lowest BCUT2D eigenvalue weighted by atomic mass is 10.1. The molecule has 1 unspecified atom stereocenters. The van der Waals surface area contributed by atoms with E-state index in [1.54, 1.807) is 6.07 Å². The highest BCUT2D eigenvalue weighted by atomic mass is 16.5. The van der Waals surface area contributed by atoms with E-state index in [2.05, 4.69) is 5.32 Å². The van der Waals surface area contributed by atoms with Crippen molar-refractivity contribution in [1.29, 1.82) is 0 Å². The maximum Gasteiger partial charge on any atom is 0.265 e. The number of carbonyl (C=O) groups is 1. The summed E-state index contributed by atoms with van der Waals surface area (Å²) in [4.78, 5) is 14.1. The minimum Gasteiger partial charge on any atom is -0.508 e. The summed E-state index contributed by atoms with van der Waals surface area (Å²) in [6.45, 7) is 0. The number of benzene rings is 2. The molecule has 5 heteroatoms. The summed E-state index contributed by atoms with van der Waals surface area (Å²) in [5.41, 5.74) is 2.71. The third kappa shape index (κ3) is 2.83. The van der Waals surface area contributed by atoms with Crippen LogP contribution in [0.1, 0.15) is 5.56 Å². The van der Waals surface area contributed by atoms with Crippen LogP contribution in [0.4, 0.5) is 11.4 Å². The average Bonchev–Trinajstić information content (AvgIpc) is 2.49. The Balaban J connectivity index is 1.76. The van der Waals surface area contributed by atoms with E-state index in [4.69, 9.17) is 4.74 Å². The molecule has 1 amide bonds. The predicted octanol–water partition coefficient (Wildman–Crippen LogP) is 2.40. The summed E-state index contributed by atoms with van der Waals surface area (Å²) >= 11 is 0. The molecular formula is C17H18N2O3. The van der Waals surface area contributed by atoms with Gasteiger partial charge in [-0.2, -0.15) is 0 Å². The number of anilines is 2. The van der Waals surface area contributed by atoms with Gasteiger partial charge in [-0.05, 0) is 29.8 Å². The number of hydrogen-bond acceptors (Lipinski definition) is 4. The van der Waals surface area contributed by atoms with E-state index in [1.165, 1.54) is 12.1 Å². The van der Waals surface area contributed by atoms with Crippen LogP contribution in [0.25, 0.3) is 0 Å². The van der Waals surface area contributed by atoms with Crippen molar-refractivity contribution < 1.29 is 14.6 Å². The fourth-order valence-electron chi connectivity index (χ4n) is 2.41. The number of fused-ring (bicyclic) bond motifs is 1. The number of amides is 1. The molecule has 0 radical (unpaired) electrons. The molecule has 0 aromatic heterocycles. The van der Waals surface area contributed by atoms with E-state index < -0.39 is 6.10 Å². The smallest absolute Gasteiger partial charge is 0.265 e. The summed E-state index contributed by atoms with van der Waals surface area (Å²) < 4.78 is 5.72. The second-order valence-corrected chi connectivity index (χ2v) is 5.54. The molecule has 0 saturated heterocycles. The second kappa shape index (κ2) is 5.60. The van der Waals surface area contributed by atoms with Gasteiger partial charge >= 0.3 is 0 Å². The Hall–Kier alpha value is -2.69. The summed E-state index contributed by atoms with van der Waals surface area (Å²) in [6, 6.07) is 12.7. The van der Waals surface area contributed by atoms with Crippen molar-refractivity contribution in [3.63, 3.8) is 0 Å². The van der Waals surface area contributed by atoms with Gasteiger partial charge in [0.25, 0.3) is 5.91 Å². The van der Waals surface area contributed by atoms with Crippen molar-refractivity contribution in [2.45, 2.75) is 12.5 Å². The van der Waals surface area contributed by atoms with Crippen molar-refractivity contribution in [2.24, 2.45) is 0 Å². The van der Waals surface area contributed by atoms with Crippen molar-refractivity contribution >= 4 is 17.3 Å². The number of hydrogen-bond donors (Lipinski definition) is 2. The highest BCUT2D eigenvalue weighted by molar-refractivity contribution is 5.98. The van der Waals surface area contributed by atoms with Crippen LogP contribution < -0.4 is 15.0 Å². The molecular weight excluding hydrogens is 280 g/mol. The quantitative estimate of drug-likeness (QED) is 0.854. The monoisotopic (exact) mass is 298 g/mol. The van der Waals surface area contributed by atoms with Crippen LogP contribution in [0, 0.1) is 0 Å². The van der Waals surface area contributed by atoms with E-state index in [0.29, 0.717) is 17.9 Å². The van der Waals surface area contributed by atoms with E-state index in [0.717, 1.165) is 11.3 Å². The van der Waals surface area contributed by atoms with Crippen LogP contribution in [0.5, 0.6) is 11.5 Å². The van der Waals surface area contributed by atoms with Gasteiger partial charge in [-0.1, -0.05) is 12.1 Å². The number of nitrogens with zero attached hydrogens (tertiary/aromatic N) is 1. The van der Waals surface area contributed by atoms with E-state index in [9.17, 15) is 9.90 Å². The van der Waals surface area contributed by atoms with Gasteiger partial charge in [-0.25, -0.2) is 0 Å². The Labute approximate surface area is 129 Å². The molecule has 2 aromatic rings. The topological polar surface area (TPSA) is 61.8 Å². The number of ether oxygens (including phenoxy) is 1. The lowest BCUT2D eigenvalue weighted by Gasteiger charge is -2.26. The van der Waals surface area contributed by atoms with Gasteiger partial charge in [-0.15, -0.1) is 0 Å². The highest BCUT2D eigenvalue weighted by Crippen LogP contribution is 2.33. The number of phenols is 1. The third-order valence-electron chi connectivity index (χ3n) is 3.66. The molecule has 2 N–H and O–H groups in total. The molecule has 0 fully saturated rings. The van der Waals surface area contributed by atoms with Crippen molar-refractivity contribution in [3.8, 4) is 11.5 Å². The molecule has 3 rings (SSSR count). The summed E-state index contributed by atoms with van der Waals surface area (Å²) in [5.74, 6) is 0.438. The van der Waals surface area contributed by atoms with Crippen LogP contribution >= 0.6 is 0 Å². The van der Waals surface area contributed by atoms with Crippen molar-refractivity contribution in [1.82, 2.24) is 0 Å². The van der Waals surface area contributed by atoms with Gasteiger partial charge in [-0.3, -0.25) is 4.79 Å². The van der Waals surface area contributed by atoms with Crippen LogP contribution in [0.2, 0.25) is 0 Å². The number of aromatic hydroxyl groups is 1. The van der Waals surface area contributed by atoms with Crippen molar-refractivity contribution in [3.05, 3.63) is 48.0 Å². The van der Waals surface area contributed by atoms with Crippen LogP contribution in [-0.4, -0.2) is 31.2 Å². The molecule has 0 bridgehead atoms. The first-order valence-corrected chi connectivity index (χ1v) is 7.10. The molecule has 0 spiro atoms. The number of rotatable bonds is 3. The standard InChI is InChI=1S/C17H18N2O3/c1-19(2)12-5-3-11(4-6-12)9-16-17(21)18-14-8-7-13(20)10-15(14)22-16/h3-8,10,16,20H,9H2,1-2H3,(H,18,21). The lowest BCUT2D eigenvalue weighted by molar-refractivity contribution is -0.123. The van der Waals surface area contributed by atoms with Crippen LogP contribution in [-0.2, 0) is 11.2 Å². The zero-order valence-electron chi connectivity index (χ0n) is 12.5. The third-order valence-corrected chi connectivity index (χ3v) is 3.66. The summed E-state index contributed by atoms with van der Waals surface area (Å²) in [6.07, 6.45) is -0.117. The molecule has 1 atom stereocenters. The van der Waals surface area contributed by atoms with Gasteiger partial charge in [0.2, 0.25) is 0 Å². The first-order valence-electron chi connectivity index (χ1n) is 7.10. The highest BCUT2D eigenvalue weighted by Gasteiger charge is 2.27. The van der Waals surface area contributed by atoms with Crippen LogP contribution in [0.15, 0.2) is 42.5 Å². The molecule has 1 heterocycles.